The quantitative estimate of drug-likeness (QED) is 0.474. The van der Waals surface area contributed by atoms with Gasteiger partial charge < -0.3 is 19.5 Å². The standard InChI is InChI=1S/C29H33N5O3/c1-3-21-5-4-6-22(17-21)19-33-14-11-23(20-33)18-30-28(35)25-12-15-34(16-13-25)29-31-27(32-37-29)24-7-9-26(36-2)10-8-24/h1,4-10,17,23,25H,11-16,18-20H2,2H3,(H,30,35). The Kier molecular flexibility index (Phi) is 7.71. The normalized spacial score (nSPS) is 18.5. The van der Waals surface area contributed by atoms with Gasteiger partial charge in [-0.1, -0.05) is 23.2 Å². The molecule has 3 heterocycles. The molecular formula is C29H33N5O3. The molecule has 2 aliphatic rings. The van der Waals surface area contributed by atoms with Gasteiger partial charge in [0, 0.05) is 49.8 Å². The fraction of sp³-hybridized carbons (Fsp3) is 0.414. The molecule has 5 rings (SSSR count). The van der Waals surface area contributed by atoms with Gasteiger partial charge in [0.05, 0.1) is 7.11 Å². The largest absolute Gasteiger partial charge is 0.497 e. The first kappa shape index (κ1) is 24.8. The molecule has 0 spiro atoms. The first-order valence-corrected chi connectivity index (χ1v) is 12.9. The van der Waals surface area contributed by atoms with E-state index in [-0.39, 0.29) is 11.8 Å². The maximum Gasteiger partial charge on any atom is 0.324 e. The zero-order chi connectivity index (χ0) is 25.6. The van der Waals surface area contributed by atoms with Crippen LogP contribution in [-0.4, -0.2) is 60.8 Å². The molecule has 0 radical (unpaired) electrons. The molecule has 0 saturated carbocycles. The molecule has 2 aliphatic heterocycles. The predicted octanol–water partition coefficient (Wildman–Crippen LogP) is 3.58. The minimum Gasteiger partial charge on any atom is -0.497 e. The third kappa shape index (κ3) is 6.12. The maximum absolute atomic E-state index is 12.9. The molecule has 192 valence electrons. The average Bonchev–Trinajstić information content (AvgIpc) is 3.62. The summed E-state index contributed by atoms with van der Waals surface area (Å²) in [7, 11) is 1.64. The number of terminal acetylenes is 1. The van der Waals surface area contributed by atoms with Crippen molar-refractivity contribution in [2.24, 2.45) is 11.8 Å². The summed E-state index contributed by atoms with van der Waals surface area (Å²) in [5.41, 5.74) is 3.03. The van der Waals surface area contributed by atoms with E-state index in [1.54, 1.807) is 7.11 Å². The summed E-state index contributed by atoms with van der Waals surface area (Å²) < 4.78 is 10.7. The number of anilines is 1. The third-order valence-electron chi connectivity index (χ3n) is 7.33. The molecule has 2 fully saturated rings. The van der Waals surface area contributed by atoms with Crippen LogP contribution in [0.3, 0.4) is 0 Å². The molecule has 1 unspecified atom stereocenters. The SMILES string of the molecule is C#Cc1cccc(CN2CCC(CNC(=O)C3CCN(c4nc(-c5ccc(OC)cc5)no4)CC3)C2)c1. The predicted molar refractivity (Wildman–Crippen MR) is 142 cm³/mol. The lowest BCUT2D eigenvalue weighted by atomic mass is 9.96. The molecule has 0 aliphatic carbocycles. The molecule has 37 heavy (non-hydrogen) atoms. The number of hydrogen-bond donors (Lipinski definition) is 1. The zero-order valence-corrected chi connectivity index (χ0v) is 21.2. The summed E-state index contributed by atoms with van der Waals surface area (Å²) in [4.78, 5) is 21.9. The summed E-state index contributed by atoms with van der Waals surface area (Å²) in [6, 6.07) is 16.2. The van der Waals surface area contributed by atoms with Gasteiger partial charge in [-0.2, -0.15) is 4.98 Å². The van der Waals surface area contributed by atoms with Crippen LogP contribution in [0.1, 0.15) is 30.4 Å². The van der Waals surface area contributed by atoms with E-state index < -0.39 is 0 Å². The number of aromatic nitrogens is 2. The van der Waals surface area contributed by atoms with Crippen LogP contribution in [0.15, 0.2) is 53.1 Å². The minimum atomic E-state index is 0.0178. The van der Waals surface area contributed by atoms with Gasteiger partial charge in [-0.05, 0) is 73.7 Å². The molecule has 1 atom stereocenters. The summed E-state index contributed by atoms with van der Waals surface area (Å²) >= 11 is 0. The van der Waals surface area contributed by atoms with E-state index in [9.17, 15) is 4.79 Å². The van der Waals surface area contributed by atoms with Gasteiger partial charge in [-0.25, -0.2) is 0 Å². The van der Waals surface area contributed by atoms with Crippen LogP contribution in [0.4, 0.5) is 6.01 Å². The van der Waals surface area contributed by atoms with Crippen molar-refractivity contribution in [2.45, 2.75) is 25.8 Å². The zero-order valence-electron chi connectivity index (χ0n) is 21.2. The highest BCUT2D eigenvalue weighted by Crippen LogP contribution is 2.26. The summed E-state index contributed by atoms with van der Waals surface area (Å²) in [5.74, 6) is 4.69. The summed E-state index contributed by atoms with van der Waals surface area (Å²) in [5, 5.41) is 7.34. The lowest BCUT2D eigenvalue weighted by Crippen LogP contribution is -2.42. The first-order chi connectivity index (χ1) is 18.1. The monoisotopic (exact) mass is 499 g/mol. The molecule has 2 saturated heterocycles. The van der Waals surface area contributed by atoms with E-state index in [1.165, 1.54) is 5.56 Å². The number of benzene rings is 2. The minimum absolute atomic E-state index is 0.0178. The Labute approximate surface area is 218 Å². The first-order valence-electron chi connectivity index (χ1n) is 12.9. The lowest BCUT2D eigenvalue weighted by molar-refractivity contribution is -0.125. The van der Waals surface area contributed by atoms with Crippen molar-refractivity contribution >= 4 is 11.9 Å². The van der Waals surface area contributed by atoms with Crippen molar-refractivity contribution in [1.29, 1.82) is 0 Å². The van der Waals surface area contributed by atoms with Crippen LogP contribution in [0, 0.1) is 24.2 Å². The van der Waals surface area contributed by atoms with Gasteiger partial charge in [0.15, 0.2) is 0 Å². The van der Waals surface area contributed by atoms with Crippen LogP contribution < -0.4 is 15.0 Å². The molecule has 2 aromatic carbocycles. The van der Waals surface area contributed by atoms with E-state index in [2.05, 4.69) is 43.3 Å². The number of carbonyl (C=O) groups excluding carboxylic acids is 1. The highest BCUT2D eigenvalue weighted by molar-refractivity contribution is 5.79. The van der Waals surface area contributed by atoms with Crippen LogP contribution in [0.2, 0.25) is 0 Å². The highest BCUT2D eigenvalue weighted by atomic mass is 16.5. The second kappa shape index (κ2) is 11.5. The lowest BCUT2D eigenvalue weighted by Gasteiger charge is -2.30. The maximum atomic E-state index is 12.9. The molecule has 3 aromatic rings. The Morgan fingerprint density at radius 2 is 1.97 bits per heavy atom. The molecular weight excluding hydrogens is 466 g/mol. The van der Waals surface area contributed by atoms with E-state index in [1.807, 2.05) is 36.4 Å². The number of nitrogens with zero attached hydrogens (tertiary/aromatic N) is 4. The number of ether oxygens (including phenoxy) is 1. The van der Waals surface area contributed by atoms with Gasteiger partial charge in [0.25, 0.3) is 0 Å². The van der Waals surface area contributed by atoms with Gasteiger partial charge in [0.2, 0.25) is 11.7 Å². The van der Waals surface area contributed by atoms with Crippen molar-refractivity contribution < 1.29 is 14.1 Å². The van der Waals surface area contributed by atoms with Gasteiger partial charge in [-0.3, -0.25) is 9.69 Å². The second-order valence-corrected chi connectivity index (χ2v) is 9.87. The fourth-order valence-corrected chi connectivity index (χ4v) is 5.16. The highest BCUT2D eigenvalue weighted by Gasteiger charge is 2.29. The Hall–Kier alpha value is -3.83. The van der Waals surface area contributed by atoms with Crippen molar-refractivity contribution in [3.63, 3.8) is 0 Å². The molecule has 1 amide bonds. The number of piperidine rings is 1. The Balaban J connectivity index is 1.05. The van der Waals surface area contributed by atoms with Gasteiger partial charge >= 0.3 is 6.01 Å². The second-order valence-electron chi connectivity index (χ2n) is 9.87. The number of amides is 1. The smallest absolute Gasteiger partial charge is 0.324 e. The van der Waals surface area contributed by atoms with Crippen LogP contribution >= 0.6 is 0 Å². The molecule has 1 aromatic heterocycles. The summed E-state index contributed by atoms with van der Waals surface area (Å²) in [6.45, 7) is 5.10. The van der Waals surface area contributed by atoms with Crippen molar-refractivity contribution in [2.75, 3.05) is 44.7 Å². The molecule has 8 heteroatoms. The number of likely N-dealkylation sites (tertiary alicyclic amines) is 1. The molecule has 0 bridgehead atoms. The average molecular weight is 500 g/mol. The number of methoxy groups -OCH3 is 1. The van der Waals surface area contributed by atoms with E-state index >= 15 is 0 Å². The Morgan fingerprint density at radius 1 is 1.16 bits per heavy atom. The fourth-order valence-electron chi connectivity index (χ4n) is 5.16. The van der Waals surface area contributed by atoms with Crippen molar-refractivity contribution in [1.82, 2.24) is 20.4 Å². The van der Waals surface area contributed by atoms with E-state index in [0.717, 1.165) is 75.4 Å². The van der Waals surface area contributed by atoms with E-state index in [4.69, 9.17) is 15.7 Å². The number of carbonyl (C=O) groups is 1. The van der Waals surface area contributed by atoms with Crippen molar-refractivity contribution in [3.05, 3.63) is 59.7 Å². The Morgan fingerprint density at radius 3 is 2.73 bits per heavy atom. The van der Waals surface area contributed by atoms with Crippen molar-refractivity contribution in [3.8, 4) is 29.5 Å². The van der Waals surface area contributed by atoms with Crippen LogP contribution in [-0.2, 0) is 11.3 Å². The third-order valence-corrected chi connectivity index (χ3v) is 7.33. The number of nitrogens with one attached hydrogen (secondary N) is 1. The van der Waals surface area contributed by atoms with Gasteiger partial charge in [0.1, 0.15) is 5.75 Å². The molecule has 1 N–H and O–H groups in total. The number of hydrogen-bond acceptors (Lipinski definition) is 7. The molecule has 8 nitrogen and oxygen atoms in total. The topological polar surface area (TPSA) is 83.7 Å². The Bertz CT molecular complexity index is 1240. The van der Waals surface area contributed by atoms with Crippen LogP contribution in [0.25, 0.3) is 11.4 Å². The summed E-state index contributed by atoms with van der Waals surface area (Å²) in [6.07, 6.45) is 8.17. The van der Waals surface area contributed by atoms with E-state index in [0.29, 0.717) is 17.8 Å². The van der Waals surface area contributed by atoms with Crippen LogP contribution in [0.5, 0.6) is 5.75 Å². The van der Waals surface area contributed by atoms with Gasteiger partial charge in [-0.15, -0.1) is 6.42 Å². The number of rotatable bonds is 8.